The Hall–Kier alpha value is -0.470. The number of allylic oxidation sites excluding steroid dienone is 1. The second-order valence-corrected chi connectivity index (χ2v) is 9.83. The fraction of sp³-hybridized carbons (Fsp3) is 0.909. The lowest BCUT2D eigenvalue weighted by molar-refractivity contribution is -0.196. The van der Waals surface area contributed by atoms with Gasteiger partial charge in [-0.05, 0) is 105 Å². The summed E-state index contributed by atoms with van der Waals surface area (Å²) >= 11 is 0. The molecule has 4 saturated carbocycles. The number of fused-ring (bicyclic) bond motifs is 5. The van der Waals surface area contributed by atoms with E-state index in [9.17, 15) is 13.2 Å². The summed E-state index contributed by atoms with van der Waals surface area (Å²) < 4.78 is 39.5. The molecule has 4 fully saturated rings. The zero-order valence-electron chi connectivity index (χ0n) is 15.5. The smallest absolute Gasteiger partial charge is 0.171 e. The average molecular weight is 355 g/mol. The third-order valence-electron chi connectivity index (χ3n) is 9.06. The molecule has 142 valence electrons. The minimum atomic E-state index is -3.98. The normalized spacial score (nSPS) is 49.8. The van der Waals surface area contributed by atoms with Crippen LogP contribution in [0.1, 0.15) is 71.1 Å². The molecule has 0 N–H and O–H groups in total. The molecular formula is C22H33F3. The van der Waals surface area contributed by atoms with Crippen molar-refractivity contribution >= 4 is 0 Å². The summed E-state index contributed by atoms with van der Waals surface area (Å²) in [4.78, 5) is 0. The maximum absolute atomic E-state index is 13.2. The highest BCUT2D eigenvalue weighted by Gasteiger charge is 2.57. The van der Waals surface area contributed by atoms with Crippen molar-refractivity contribution in [3.05, 3.63) is 12.7 Å². The number of hydrogen-bond acceptors (Lipinski definition) is 0. The van der Waals surface area contributed by atoms with Gasteiger partial charge < -0.3 is 0 Å². The summed E-state index contributed by atoms with van der Waals surface area (Å²) in [6, 6.07) is 0. The van der Waals surface area contributed by atoms with Crippen molar-refractivity contribution in [3.8, 4) is 0 Å². The van der Waals surface area contributed by atoms with Gasteiger partial charge in [0.25, 0.3) is 0 Å². The highest BCUT2D eigenvalue weighted by molar-refractivity contribution is 5.06. The van der Waals surface area contributed by atoms with Crippen LogP contribution in [0.25, 0.3) is 0 Å². The lowest BCUT2D eigenvalue weighted by Crippen LogP contribution is -2.49. The van der Waals surface area contributed by atoms with E-state index in [4.69, 9.17) is 0 Å². The molecule has 0 heterocycles. The van der Waals surface area contributed by atoms with Gasteiger partial charge in [-0.2, -0.15) is 13.2 Å². The van der Waals surface area contributed by atoms with E-state index in [2.05, 4.69) is 19.6 Å². The van der Waals surface area contributed by atoms with Crippen LogP contribution in [0.3, 0.4) is 0 Å². The van der Waals surface area contributed by atoms with Gasteiger partial charge in [-0.3, -0.25) is 0 Å². The average Bonchev–Trinajstić information content (AvgIpc) is 2.90. The molecular weight excluding hydrogens is 321 g/mol. The third kappa shape index (κ3) is 2.88. The van der Waals surface area contributed by atoms with Crippen LogP contribution in [0.15, 0.2) is 12.7 Å². The van der Waals surface area contributed by atoms with Crippen molar-refractivity contribution in [1.82, 2.24) is 0 Å². The Morgan fingerprint density at radius 2 is 1.72 bits per heavy atom. The third-order valence-corrected chi connectivity index (χ3v) is 9.06. The van der Waals surface area contributed by atoms with Crippen LogP contribution in [-0.2, 0) is 0 Å². The molecule has 0 radical (unpaired) electrons. The number of halogens is 3. The van der Waals surface area contributed by atoms with Crippen LogP contribution in [-0.4, -0.2) is 6.18 Å². The Labute approximate surface area is 150 Å². The van der Waals surface area contributed by atoms with E-state index < -0.39 is 12.1 Å². The molecule has 0 aromatic rings. The van der Waals surface area contributed by atoms with E-state index in [1.54, 1.807) is 0 Å². The minimum absolute atomic E-state index is 0.344. The zero-order chi connectivity index (χ0) is 17.8. The van der Waals surface area contributed by atoms with Gasteiger partial charge in [-0.25, -0.2) is 0 Å². The molecule has 4 rings (SSSR count). The van der Waals surface area contributed by atoms with Gasteiger partial charge in [-0.15, -0.1) is 6.58 Å². The summed E-state index contributed by atoms with van der Waals surface area (Å²) in [5, 5.41) is 0. The van der Waals surface area contributed by atoms with Crippen LogP contribution >= 0.6 is 0 Å². The standard InChI is InChI=1S/C22H33F3/c1-3-4-15-7-10-20-19-8-5-14-13-16(22(23,24)25)6-9-17(14)18(19)11-12-21(15,20)2/h3,14-20H,1,4-13H2,2H3. The van der Waals surface area contributed by atoms with Crippen LogP contribution in [0.2, 0.25) is 0 Å². The molecule has 0 bridgehead atoms. The molecule has 3 heteroatoms. The number of hydrogen-bond donors (Lipinski definition) is 0. The molecule has 0 amide bonds. The Kier molecular flexibility index (Phi) is 4.52. The maximum atomic E-state index is 13.2. The van der Waals surface area contributed by atoms with Gasteiger partial charge in [0, 0.05) is 0 Å². The molecule has 0 aliphatic heterocycles. The SMILES string of the molecule is C=CCC1CCC2C3CCC4CC(C(F)(F)F)CCC4C3CCC12C. The van der Waals surface area contributed by atoms with Crippen molar-refractivity contribution in [2.75, 3.05) is 0 Å². The first-order valence-corrected chi connectivity index (χ1v) is 10.5. The van der Waals surface area contributed by atoms with E-state index in [-0.39, 0.29) is 0 Å². The molecule has 8 unspecified atom stereocenters. The van der Waals surface area contributed by atoms with E-state index in [0.717, 1.165) is 37.0 Å². The van der Waals surface area contributed by atoms with Crippen molar-refractivity contribution in [2.45, 2.75) is 77.3 Å². The van der Waals surface area contributed by atoms with Crippen molar-refractivity contribution in [2.24, 2.45) is 46.8 Å². The molecule has 0 saturated heterocycles. The van der Waals surface area contributed by atoms with Gasteiger partial charge in [-0.1, -0.05) is 13.0 Å². The zero-order valence-corrected chi connectivity index (χ0v) is 15.5. The topological polar surface area (TPSA) is 0 Å². The first-order valence-electron chi connectivity index (χ1n) is 10.5. The van der Waals surface area contributed by atoms with Crippen molar-refractivity contribution in [3.63, 3.8) is 0 Å². The number of alkyl halides is 3. The minimum Gasteiger partial charge on any atom is -0.171 e. The van der Waals surface area contributed by atoms with E-state index in [1.807, 2.05) is 0 Å². The van der Waals surface area contributed by atoms with E-state index in [1.165, 1.54) is 32.1 Å². The maximum Gasteiger partial charge on any atom is 0.391 e. The first-order chi connectivity index (χ1) is 11.8. The molecule has 0 nitrogen and oxygen atoms in total. The highest BCUT2D eigenvalue weighted by Crippen LogP contribution is 2.65. The summed E-state index contributed by atoms with van der Waals surface area (Å²) in [5.74, 6) is 3.01. The molecule has 4 aliphatic rings. The second-order valence-electron chi connectivity index (χ2n) is 9.83. The second kappa shape index (κ2) is 6.30. The molecule has 8 atom stereocenters. The lowest BCUT2D eigenvalue weighted by atomic mass is 9.49. The number of rotatable bonds is 2. The van der Waals surface area contributed by atoms with Gasteiger partial charge >= 0.3 is 6.18 Å². The van der Waals surface area contributed by atoms with E-state index in [0.29, 0.717) is 36.0 Å². The molecule has 0 aromatic heterocycles. The van der Waals surface area contributed by atoms with Gasteiger partial charge in [0.15, 0.2) is 0 Å². The molecule has 4 aliphatic carbocycles. The summed E-state index contributed by atoms with van der Waals surface area (Å²) in [6.07, 6.45) is 8.38. The monoisotopic (exact) mass is 354 g/mol. The predicted octanol–water partition coefficient (Wildman–Crippen LogP) is 7.01. The summed E-state index contributed by atoms with van der Waals surface area (Å²) in [7, 11) is 0. The Balaban J connectivity index is 1.49. The predicted molar refractivity (Wildman–Crippen MR) is 95.0 cm³/mol. The quantitative estimate of drug-likeness (QED) is 0.468. The fourth-order valence-corrected chi connectivity index (χ4v) is 7.85. The van der Waals surface area contributed by atoms with Gasteiger partial charge in [0.2, 0.25) is 0 Å². The largest absolute Gasteiger partial charge is 0.391 e. The first kappa shape index (κ1) is 17.9. The van der Waals surface area contributed by atoms with Crippen LogP contribution in [0.4, 0.5) is 13.2 Å². The van der Waals surface area contributed by atoms with Crippen LogP contribution in [0.5, 0.6) is 0 Å². The Bertz CT molecular complexity index is 510. The van der Waals surface area contributed by atoms with Gasteiger partial charge in [0.05, 0.1) is 5.92 Å². The Morgan fingerprint density at radius 3 is 2.44 bits per heavy atom. The lowest BCUT2D eigenvalue weighted by Gasteiger charge is -2.56. The van der Waals surface area contributed by atoms with E-state index >= 15 is 0 Å². The van der Waals surface area contributed by atoms with Crippen LogP contribution in [0, 0.1) is 46.8 Å². The van der Waals surface area contributed by atoms with Gasteiger partial charge in [0.1, 0.15) is 0 Å². The van der Waals surface area contributed by atoms with Crippen molar-refractivity contribution in [1.29, 1.82) is 0 Å². The molecule has 25 heavy (non-hydrogen) atoms. The van der Waals surface area contributed by atoms with Crippen molar-refractivity contribution < 1.29 is 13.2 Å². The summed E-state index contributed by atoms with van der Waals surface area (Å²) in [6.45, 7) is 6.48. The fourth-order valence-electron chi connectivity index (χ4n) is 7.85. The molecule has 0 aromatic carbocycles. The highest BCUT2D eigenvalue weighted by atomic mass is 19.4. The summed E-state index contributed by atoms with van der Waals surface area (Å²) in [5.41, 5.74) is 0.464. The Morgan fingerprint density at radius 1 is 0.960 bits per heavy atom. The van der Waals surface area contributed by atoms with Crippen LogP contribution < -0.4 is 0 Å². The molecule has 0 spiro atoms.